The monoisotopic (exact) mass is 300 g/mol. The third kappa shape index (κ3) is 3.39. The van der Waals surface area contributed by atoms with Crippen LogP contribution in [0.1, 0.15) is 11.1 Å². The van der Waals surface area contributed by atoms with Crippen molar-refractivity contribution >= 4 is 17.5 Å². The minimum absolute atomic E-state index is 0.229. The topological polar surface area (TPSA) is 49.8 Å². The highest BCUT2D eigenvalue weighted by Crippen LogP contribution is 2.32. The number of nitrogens with one attached hydrogen (secondary N) is 2. The van der Waals surface area contributed by atoms with Crippen LogP contribution in [-0.4, -0.2) is 17.0 Å². The van der Waals surface area contributed by atoms with Crippen LogP contribution in [0.2, 0.25) is 0 Å². The predicted octanol–water partition coefficient (Wildman–Crippen LogP) is 3.73. The van der Waals surface area contributed by atoms with E-state index < -0.39 is 17.6 Å². The molecule has 0 amide bonds. The average molecular weight is 300 g/mol. The van der Waals surface area contributed by atoms with Gasteiger partial charge in [0.15, 0.2) is 0 Å². The molecule has 0 bridgehead atoms. The third-order valence-electron chi connectivity index (χ3n) is 2.74. The lowest BCUT2D eigenvalue weighted by molar-refractivity contribution is -0.137. The molecule has 0 saturated heterocycles. The zero-order chi connectivity index (χ0) is 15.6. The van der Waals surface area contributed by atoms with Crippen LogP contribution in [0, 0.1) is 12.7 Å². The fraction of sp³-hybridized carbons (Fsp3) is 0.231. The number of aromatic nitrogens is 2. The van der Waals surface area contributed by atoms with Crippen molar-refractivity contribution in [3.8, 4) is 0 Å². The summed E-state index contributed by atoms with van der Waals surface area (Å²) in [6.07, 6.45) is -3.06. The number of benzene rings is 1. The van der Waals surface area contributed by atoms with Gasteiger partial charge in [-0.2, -0.15) is 18.2 Å². The van der Waals surface area contributed by atoms with Gasteiger partial charge in [-0.15, -0.1) is 0 Å². The van der Waals surface area contributed by atoms with Crippen molar-refractivity contribution in [3.05, 3.63) is 41.3 Å². The van der Waals surface area contributed by atoms with Crippen LogP contribution in [0.15, 0.2) is 24.4 Å². The van der Waals surface area contributed by atoms with Gasteiger partial charge >= 0.3 is 6.18 Å². The zero-order valence-electron chi connectivity index (χ0n) is 11.2. The molecule has 1 aromatic carbocycles. The summed E-state index contributed by atoms with van der Waals surface area (Å²) in [5, 5.41) is 5.26. The van der Waals surface area contributed by atoms with Crippen LogP contribution in [-0.2, 0) is 6.18 Å². The summed E-state index contributed by atoms with van der Waals surface area (Å²) in [5.74, 6) is -0.296. The summed E-state index contributed by atoms with van der Waals surface area (Å²) in [7, 11) is 1.60. The van der Waals surface area contributed by atoms with Gasteiger partial charge in [-0.05, 0) is 25.1 Å². The Morgan fingerprint density at radius 2 is 1.90 bits per heavy atom. The number of nitrogens with zero attached hydrogens (tertiary/aromatic N) is 2. The fourth-order valence-corrected chi connectivity index (χ4v) is 1.61. The van der Waals surface area contributed by atoms with Crippen LogP contribution in [0.5, 0.6) is 0 Å². The summed E-state index contributed by atoms with van der Waals surface area (Å²) in [6.45, 7) is 1.66. The first kappa shape index (κ1) is 15.0. The minimum atomic E-state index is -4.54. The number of alkyl halides is 3. The average Bonchev–Trinajstić information content (AvgIpc) is 2.42. The maximum absolute atomic E-state index is 13.7. The van der Waals surface area contributed by atoms with Crippen molar-refractivity contribution in [3.63, 3.8) is 0 Å². The van der Waals surface area contributed by atoms with Gasteiger partial charge in [0.05, 0.1) is 11.3 Å². The first-order chi connectivity index (χ1) is 9.81. The fourth-order valence-electron chi connectivity index (χ4n) is 1.61. The van der Waals surface area contributed by atoms with Gasteiger partial charge in [0.2, 0.25) is 5.95 Å². The second-order valence-corrected chi connectivity index (χ2v) is 4.29. The van der Waals surface area contributed by atoms with Gasteiger partial charge in [-0.3, -0.25) is 0 Å². The van der Waals surface area contributed by atoms with Crippen molar-refractivity contribution < 1.29 is 17.6 Å². The molecule has 0 radical (unpaired) electrons. The Hall–Kier alpha value is -2.38. The Bertz CT molecular complexity index is 655. The van der Waals surface area contributed by atoms with Gasteiger partial charge in [0.25, 0.3) is 0 Å². The zero-order valence-corrected chi connectivity index (χ0v) is 11.2. The predicted molar refractivity (Wildman–Crippen MR) is 71.0 cm³/mol. The Kier molecular flexibility index (Phi) is 3.97. The van der Waals surface area contributed by atoms with Crippen molar-refractivity contribution in [2.45, 2.75) is 13.1 Å². The number of halogens is 4. The first-order valence-corrected chi connectivity index (χ1v) is 5.96. The van der Waals surface area contributed by atoms with E-state index in [0.29, 0.717) is 17.7 Å². The molecule has 0 saturated carbocycles. The van der Waals surface area contributed by atoms with Crippen LogP contribution < -0.4 is 10.6 Å². The molecule has 2 N–H and O–H groups in total. The Balaban J connectivity index is 2.39. The first-order valence-electron chi connectivity index (χ1n) is 5.96. The van der Waals surface area contributed by atoms with Gasteiger partial charge in [0.1, 0.15) is 11.6 Å². The molecular formula is C13H12F4N4. The molecule has 0 unspecified atom stereocenters. The molecule has 4 nitrogen and oxygen atoms in total. The minimum Gasteiger partial charge on any atom is -0.357 e. The quantitative estimate of drug-likeness (QED) is 0.848. The molecule has 112 valence electrons. The summed E-state index contributed by atoms with van der Waals surface area (Å²) in [6, 6.07) is 2.16. The van der Waals surface area contributed by atoms with Crippen LogP contribution in [0.3, 0.4) is 0 Å². The molecule has 2 aromatic rings. The number of hydrogen-bond acceptors (Lipinski definition) is 4. The Labute approximate surface area is 118 Å². The van der Waals surface area contributed by atoms with E-state index in [-0.39, 0.29) is 17.5 Å². The van der Waals surface area contributed by atoms with Crippen LogP contribution >= 0.6 is 0 Å². The van der Waals surface area contributed by atoms with E-state index in [1.54, 1.807) is 14.0 Å². The maximum Gasteiger partial charge on any atom is 0.416 e. The summed E-state index contributed by atoms with van der Waals surface area (Å²) in [4.78, 5) is 7.98. The molecule has 8 heteroatoms. The lowest BCUT2D eigenvalue weighted by Gasteiger charge is -2.13. The number of aryl methyl sites for hydroxylation is 1. The van der Waals surface area contributed by atoms with E-state index in [0.717, 1.165) is 6.07 Å². The van der Waals surface area contributed by atoms with E-state index in [9.17, 15) is 17.6 Å². The molecule has 0 spiro atoms. The number of anilines is 3. The summed E-state index contributed by atoms with van der Waals surface area (Å²) < 4.78 is 51.6. The molecule has 1 aromatic heterocycles. The van der Waals surface area contributed by atoms with Crippen molar-refractivity contribution in [2.75, 3.05) is 17.7 Å². The highest BCUT2D eigenvalue weighted by molar-refractivity contribution is 5.61. The van der Waals surface area contributed by atoms with Gasteiger partial charge in [0, 0.05) is 18.8 Å². The van der Waals surface area contributed by atoms with Gasteiger partial charge in [-0.1, -0.05) is 0 Å². The van der Waals surface area contributed by atoms with Crippen molar-refractivity contribution in [1.82, 2.24) is 9.97 Å². The molecule has 0 aliphatic heterocycles. The standard InChI is InChI=1S/C13H12F4N4/c1-7-6-19-12(18-2)21-11(7)20-10-5-8(13(15,16)17)3-4-9(10)14/h3-6H,1-2H3,(H2,18,19,20,21). The Morgan fingerprint density at radius 3 is 2.52 bits per heavy atom. The normalized spacial score (nSPS) is 11.3. The van der Waals surface area contributed by atoms with Gasteiger partial charge in [-0.25, -0.2) is 9.37 Å². The molecule has 2 rings (SSSR count). The highest BCUT2D eigenvalue weighted by Gasteiger charge is 2.31. The smallest absolute Gasteiger partial charge is 0.357 e. The second kappa shape index (κ2) is 5.55. The number of hydrogen-bond donors (Lipinski definition) is 2. The lowest BCUT2D eigenvalue weighted by Crippen LogP contribution is -2.08. The van der Waals surface area contributed by atoms with Crippen LogP contribution in [0.25, 0.3) is 0 Å². The third-order valence-corrected chi connectivity index (χ3v) is 2.74. The summed E-state index contributed by atoms with van der Waals surface area (Å²) >= 11 is 0. The van der Waals surface area contributed by atoms with Gasteiger partial charge < -0.3 is 10.6 Å². The summed E-state index contributed by atoms with van der Waals surface area (Å²) in [5.41, 5.74) is -0.661. The largest absolute Gasteiger partial charge is 0.416 e. The molecule has 0 fully saturated rings. The van der Waals surface area contributed by atoms with Crippen LogP contribution in [0.4, 0.5) is 35.0 Å². The lowest BCUT2D eigenvalue weighted by atomic mass is 10.2. The number of rotatable bonds is 3. The van der Waals surface area contributed by atoms with Crippen molar-refractivity contribution in [2.24, 2.45) is 0 Å². The van der Waals surface area contributed by atoms with E-state index in [2.05, 4.69) is 20.6 Å². The molecule has 1 heterocycles. The van der Waals surface area contributed by atoms with E-state index in [4.69, 9.17) is 0 Å². The molecule has 0 aliphatic rings. The van der Waals surface area contributed by atoms with E-state index >= 15 is 0 Å². The molecule has 0 atom stereocenters. The molecule has 21 heavy (non-hydrogen) atoms. The van der Waals surface area contributed by atoms with E-state index in [1.165, 1.54) is 6.20 Å². The molecule has 0 aliphatic carbocycles. The highest BCUT2D eigenvalue weighted by atomic mass is 19.4. The van der Waals surface area contributed by atoms with E-state index in [1.807, 2.05) is 0 Å². The van der Waals surface area contributed by atoms with Crippen molar-refractivity contribution in [1.29, 1.82) is 0 Å². The second-order valence-electron chi connectivity index (χ2n) is 4.29. The maximum atomic E-state index is 13.7. The Morgan fingerprint density at radius 1 is 1.19 bits per heavy atom. The SMILES string of the molecule is CNc1ncc(C)c(Nc2cc(C(F)(F)F)ccc2F)n1. The molecular weight excluding hydrogens is 288 g/mol.